The summed E-state index contributed by atoms with van der Waals surface area (Å²) in [7, 11) is 0. The first-order valence-electron chi connectivity index (χ1n) is 10.3. The summed E-state index contributed by atoms with van der Waals surface area (Å²) < 4.78 is 0. The van der Waals surface area contributed by atoms with Crippen LogP contribution in [0.1, 0.15) is 5.56 Å². The molecule has 3 heterocycles. The van der Waals surface area contributed by atoms with Crippen LogP contribution in [0.3, 0.4) is 0 Å². The van der Waals surface area contributed by atoms with Crippen molar-refractivity contribution in [2.45, 2.75) is 6.92 Å². The maximum atomic E-state index is 6.43. The zero-order valence-electron chi connectivity index (χ0n) is 17.2. The van der Waals surface area contributed by atoms with Gasteiger partial charge in [0.2, 0.25) is 0 Å². The van der Waals surface area contributed by atoms with Crippen molar-refractivity contribution in [3.05, 3.63) is 76.5 Å². The Morgan fingerprint density at radius 3 is 2.45 bits per heavy atom. The molecule has 0 unspecified atom stereocenters. The van der Waals surface area contributed by atoms with Crippen LogP contribution in [0, 0.1) is 6.92 Å². The average molecular weight is 452 g/mol. The standard InChI is InChI=1S/C24H23Cl2N5/c1-16-23(31-12-10-30(11-13-31)19-4-2-17(25)3-5-19)7-9-28-24(16)29-18-14-21(26)20-6-8-27-22(20)15-18/h2-9,14-15,27H,10-13H2,1H3,(H,28,29). The minimum Gasteiger partial charge on any atom is -0.368 e. The molecule has 7 heteroatoms. The van der Waals surface area contributed by atoms with Gasteiger partial charge in [-0.1, -0.05) is 23.2 Å². The fourth-order valence-electron chi connectivity index (χ4n) is 4.18. The number of piperazine rings is 1. The van der Waals surface area contributed by atoms with Crippen LogP contribution in [0.2, 0.25) is 10.0 Å². The third-order valence-electron chi connectivity index (χ3n) is 5.87. The number of nitrogens with zero attached hydrogens (tertiary/aromatic N) is 3. The van der Waals surface area contributed by atoms with E-state index in [-0.39, 0.29) is 0 Å². The molecule has 0 aliphatic carbocycles. The molecule has 0 amide bonds. The number of H-pyrrole nitrogens is 1. The lowest BCUT2D eigenvalue weighted by Gasteiger charge is -2.38. The van der Waals surface area contributed by atoms with Gasteiger partial charge in [-0.3, -0.25) is 0 Å². The zero-order chi connectivity index (χ0) is 21.4. The summed E-state index contributed by atoms with van der Waals surface area (Å²) in [6.45, 7) is 5.95. The van der Waals surface area contributed by atoms with Gasteiger partial charge in [-0.15, -0.1) is 0 Å². The van der Waals surface area contributed by atoms with E-state index in [0.29, 0.717) is 5.02 Å². The van der Waals surface area contributed by atoms with Crippen LogP contribution in [0.15, 0.2) is 60.9 Å². The number of rotatable bonds is 4. The number of aromatic amines is 1. The predicted octanol–water partition coefficient (Wildman–Crippen LogP) is 6.25. The molecule has 5 nitrogen and oxygen atoms in total. The highest BCUT2D eigenvalue weighted by Crippen LogP contribution is 2.32. The van der Waals surface area contributed by atoms with Crippen molar-refractivity contribution in [2.75, 3.05) is 41.3 Å². The normalized spacial score (nSPS) is 14.3. The van der Waals surface area contributed by atoms with Crippen molar-refractivity contribution < 1.29 is 0 Å². The molecule has 158 valence electrons. The number of hydrogen-bond donors (Lipinski definition) is 2. The van der Waals surface area contributed by atoms with E-state index in [1.165, 1.54) is 11.4 Å². The second-order valence-corrected chi connectivity index (χ2v) is 8.62. The summed E-state index contributed by atoms with van der Waals surface area (Å²) in [5.74, 6) is 0.847. The zero-order valence-corrected chi connectivity index (χ0v) is 18.7. The maximum absolute atomic E-state index is 6.43. The predicted molar refractivity (Wildman–Crippen MR) is 131 cm³/mol. The lowest BCUT2D eigenvalue weighted by molar-refractivity contribution is 0.652. The monoisotopic (exact) mass is 451 g/mol. The first kappa shape index (κ1) is 20.0. The molecule has 5 rings (SSSR count). The Morgan fingerprint density at radius 2 is 1.68 bits per heavy atom. The number of hydrogen-bond acceptors (Lipinski definition) is 4. The van der Waals surface area contributed by atoms with Gasteiger partial charge in [-0.25, -0.2) is 4.98 Å². The van der Waals surface area contributed by atoms with Gasteiger partial charge in [0.1, 0.15) is 5.82 Å². The molecule has 0 atom stereocenters. The van der Waals surface area contributed by atoms with Gasteiger partial charge in [0.25, 0.3) is 0 Å². The Morgan fingerprint density at radius 1 is 0.935 bits per heavy atom. The van der Waals surface area contributed by atoms with Crippen LogP contribution in [-0.2, 0) is 0 Å². The molecular formula is C24H23Cl2N5. The van der Waals surface area contributed by atoms with Gasteiger partial charge < -0.3 is 20.1 Å². The summed E-state index contributed by atoms with van der Waals surface area (Å²) in [4.78, 5) is 12.6. The second-order valence-electron chi connectivity index (χ2n) is 7.78. The molecule has 1 saturated heterocycles. The fraction of sp³-hybridized carbons (Fsp3) is 0.208. The van der Waals surface area contributed by atoms with Crippen molar-refractivity contribution in [1.82, 2.24) is 9.97 Å². The molecule has 2 aromatic heterocycles. The number of anilines is 4. The molecule has 31 heavy (non-hydrogen) atoms. The van der Waals surface area contributed by atoms with Crippen LogP contribution < -0.4 is 15.1 Å². The Hall–Kier alpha value is -2.89. The Labute approximate surface area is 191 Å². The smallest absolute Gasteiger partial charge is 0.135 e. The van der Waals surface area contributed by atoms with E-state index in [2.05, 4.69) is 56.3 Å². The topological polar surface area (TPSA) is 47.2 Å². The first-order valence-corrected chi connectivity index (χ1v) is 11.1. The second kappa shape index (κ2) is 8.33. The van der Waals surface area contributed by atoms with Crippen LogP contribution in [0.5, 0.6) is 0 Å². The number of benzene rings is 2. The average Bonchev–Trinajstić information content (AvgIpc) is 3.25. The molecule has 0 spiro atoms. The van der Waals surface area contributed by atoms with E-state index in [9.17, 15) is 0 Å². The number of aromatic nitrogens is 2. The quantitative estimate of drug-likeness (QED) is 0.384. The van der Waals surface area contributed by atoms with E-state index in [1.54, 1.807) is 0 Å². The van der Waals surface area contributed by atoms with E-state index >= 15 is 0 Å². The Kier molecular flexibility index (Phi) is 5.38. The molecule has 4 aromatic rings. The SMILES string of the molecule is Cc1c(N2CCN(c3ccc(Cl)cc3)CC2)ccnc1Nc1cc(Cl)c2cc[nH]c2c1. The van der Waals surface area contributed by atoms with Gasteiger partial charge in [-0.2, -0.15) is 0 Å². The molecular weight excluding hydrogens is 429 g/mol. The summed E-state index contributed by atoms with van der Waals surface area (Å²) in [6.07, 6.45) is 3.76. The van der Waals surface area contributed by atoms with Crippen molar-refractivity contribution in [3.63, 3.8) is 0 Å². The van der Waals surface area contributed by atoms with Crippen LogP contribution in [-0.4, -0.2) is 36.1 Å². The van der Waals surface area contributed by atoms with Crippen molar-refractivity contribution >= 4 is 57.0 Å². The molecule has 1 aliphatic heterocycles. The molecule has 2 N–H and O–H groups in total. The summed E-state index contributed by atoms with van der Waals surface area (Å²) in [5, 5.41) is 5.95. The van der Waals surface area contributed by atoms with Crippen LogP contribution >= 0.6 is 23.2 Å². The lowest BCUT2D eigenvalue weighted by Crippen LogP contribution is -2.46. The van der Waals surface area contributed by atoms with E-state index < -0.39 is 0 Å². The van der Waals surface area contributed by atoms with Gasteiger partial charge >= 0.3 is 0 Å². The molecule has 1 fully saturated rings. The van der Waals surface area contributed by atoms with Crippen molar-refractivity contribution in [2.24, 2.45) is 0 Å². The number of halogens is 2. The number of nitrogens with one attached hydrogen (secondary N) is 2. The van der Waals surface area contributed by atoms with Gasteiger partial charge in [-0.05, 0) is 55.5 Å². The fourth-order valence-corrected chi connectivity index (χ4v) is 4.59. The van der Waals surface area contributed by atoms with E-state index in [4.69, 9.17) is 23.2 Å². The highest BCUT2D eigenvalue weighted by molar-refractivity contribution is 6.35. The van der Waals surface area contributed by atoms with Crippen molar-refractivity contribution in [3.8, 4) is 0 Å². The minimum absolute atomic E-state index is 0.716. The third-order valence-corrected chi connectivity index (χ3v) is 6.43. The number of fused-ring (bicyclic) bond motifs is 1. The van der Waals surface area contributed by atoms with E-state index in [1.807, 2.05) is 36.7 Å². The molecule has 1 aliphatic rings. The summed E-state index contributed by atoms with van der Waals surface area (Å²) >= 11 is 12.5. The van der Waals surface area contributed by atoms with Gasteiger partial charge in [0.05, 0.1) is 5.02 Å². The largest absolute Gasteiger partial charge is 0.368 e. The molecule has 0 radical (unpaired) electrons. The van der Waals surface area contributed by atoms with Crippen LogP contribution in [0.4, 0.5) is 22.9 Å². The Balaban J connectivity index is 1.33. The third kappa shape index (κ3) is 4.03. The molecule has 0 bridgehead atoms. The summed E-state index contributed by atoms with van der Waals surface area (Å²) in [5.41, 5.74) is 5.47. The van der Waals surface area contributed by atoms with Gasteiger partial charge in [0, 0.05) is 77.1 Å². The van der Waals surface area contributed by atoms with Crippen molar-refractivity contribution in [1.29, 1.82) is 0 Å². The highest BCUT2D eigenvalue weighted by atomic mass is 35.5. The van der Waals surface area contributed by atoms with E-state index in [0.717, 1.165) is 59.2 Å². The van der Waals surface area contributed by atoms with Gasteiger partial charge in [0.15, 0.2) is 0 Å². The number of pyridine rings is 1. The molecule has 2 aromatic carbocycles. The Bertz CT molecular complexity index is 1210. The highest BCUT2D eigenvalue weighted by Gasteiger charge is 2.20. The minimum atomic E-state index is 0.716. The first-order chi connectivity index (χ1) is 15.1. The molecule has 0 saturated carbocycles. The summed E-state index contributed by atoms with van der Waals surface area (Å²) in [6, 6.07) is 16.1. The maximum Gasteiger partial charge on any atom is 0.135 e. The lowest BCUT2D eigenvalue weighted by atomic mass is 10.1. The van der Waals surface area contributed by atoms with Crippen LogP contribution in [0.25, 0.3) is 10.9 Å².